The van der Waals surface area contributed by atoms with Crippen LogP contribution in [0.1, 0.15) is 12.8 Å². The highest BCUT2D eigenvalue weighted by atomic mass is 35.5. The predicted octanol–water partition coefficient (Wildman–Crippen LogP) is 0.346. The van der Waals surface area contributed by atoms with Crippen molar-refractivity contribution in [3.05, 3.63) is 0 Å². The fourth-order valence-corrected chi connectivity index (χ4v) is 1.25. The van der Waals surface area contributed by atoms with Crippen molar-refractivity contribution in [2.75, 3.05) is 5.75 Å². The Balaban J connectivity index is 3.65. The fraction of sp³-hybridized carbons (Fsp3) is 0.800. The van der Waals surface area contributed by atoms with Gasteiger partial charge in [-0.1, -0.05) is 0 Å². The molecule has 0 aliphatic carbocycles. The third kappa shape index (κ3) is 6.38. The molecule has 7 heteroatoms. The van der Waals surface area contributed by atoms with E-state index in [0.717, 1.165) is 0 Å². The lowest BCUT2D eigenvalue weighted by Gasteiger charge is -2.01. The number of aliphatic carboxylic acids is 1. The molecule has 0 radical (unpaired) electrons. The van der Waals surface area contributed by atoms with E-state index in [-0.39, 0.29) is 12.8 Å². The molecule has 0 amide bonds. The van der Waals surface area contributed by atoms with Gasteiger partial charge >= 0.3 is 5.97 Å². The maximum Gasteiger partial charge on any atom is 0.321 e. The molecular formula is C5H9ClO5S. The van der Waals surface area contributed by atoms with Crippen LogP contribution in [0, 0.1) is 0 Å². The van der Waals surface area contributed by atoms with Crippen molar-refractivity contribution in [3.63, 3.8) is 0 Å². The standard InChI is InChI=1S/C5H9ClO5S/c6-4(5(7)8)2-1-3-12(9,10)11/h4H,1-3H2,(H,7,8)(H,9,10,11). The second-order valence-electron chi connectivity index (χ2n) is 2.23. The zero-order valence-corrected chi connectivity index (χ0v) is 7.68. The molecule has 0 spiro atoms. The molecule has 1 atom stereocenters. The van der Waals surface area contributed by atoms with Crippen LogP contribution in [-0.4, -0.2) is 35.2 Å². The van der Waals surface area contributed by atoms with Crippen molar-refractivity contribution in [3.8, 4) is 0 Å². The largest absolute Gasteiger partial charge is 0.480 e. The van der Waals surface area contributed by atoms with Gasteiger partial charge in [-0.2, -0.15) is 8.42 Å². The van der Waals surface area contributed by atoms with Gasteiger partial charge in [-0.15, -0.1) is 11.6 Å². The molecule has 0 rings (SSSR count). The molecule has 12 heavy (non-hydrogen) atoms. The van der Waals surface area contributed by atoms with E-state index >= 15 is 0 Å². The van der Waals surface area contributed by atoms with Gasteiger partial charge in [-0.3, -0.25) is 9.35 Å². The van der Waals surface area contributed by atoms with Gasteiger partial charge in [-0.05, 0) is 12.8 Å². The highest BCUT2D eigenvalue weighted by Gasteiger charge is 2.14. The number of hydrogen-bond acceptors (Lipinski definition) is 3. The summed E-state index contributed by atoms with van der Waals surface area (Å²) in [6.45, 7) is 0. The van der Waals surface area contributed by atoms with Crippen LogP contribution in [0.4, 0.5) is 0 Å². The van der Waals surface area contributed by atoms with E-state index in [2.05, 4.69) is 0 Å². The van der Waals surface area contributed by atoms with E-state index < -0.39 is 27.2 Å². The number of hydrogen-bond donors (Lipinski definition) is 2. The first kappa shape index (κ1) is 11.7. The minimum absolute atomic E-state index is 0.0245. The Morgan fingerprint density at radius 2 is 2.00 bits per heavy atom. The highest BCUT2D eigenvalue weighted by molar-refractivity contribution is 7.85. The summed E-state index contributed by atoms with van der Waals surface area (Å²) < 4.78 is 28.5. The van der Waals surface area contributed by atoms with E-state index in [0.29, 0.717) is 0 Å². The summed E-state index contributed by atoms with van der Waals surface area (Å²) in [5, 5.41) is 7.18. The summed E-state index contributed by atoms with van der Waals surface area (Å²) in [5.74, 6) is -1.64. The third-order valence-electron chi connectivity index (χ3n) is 1.13. The van der Waals surface area contributed by atoms with Crippen molar-refractivity contribution in [1.82, 2.24) is 0 Å². The molecule has 0 aliphatic rings. The van der Waals surface area contributed by atoms with Gasteiger partial charge in [0.2, 0.25) is 0 Å². The minimum Gasteiger partial charge on any atom is -0.480 e. The van der Waals surface area contributed by atoms with Crippen molar-refractivity contribution < 1.29 is 22.9 Å². The van der Waals surface area contributed by atoms with Crippen LogP contribution in [0.3, 0.4) is 0 Å². The zero-order chi connectivity index (χ0) is 9.78. The SMILES string of the molecule is O=C(O)C(Cl)CCCS(=O)(=O)O. The first-order valence-electron chi connectivity index (χ1n) is 3.15. The monoisotopic (exact) mass is 216 g/mol. The number of rotatable bonds is 5. The lowest BCUT2D eigenvalue weighted by molar-refractivity contribution is -0.136. The minimum atomic E-state index is -4.00. The maximum atomic E-state index is 10.1. The van der Waals surface area contributed by atoms with E-state index in [1.165, 1.54) is 0 Å². The van der Waals surface area contributed by atoms with Gasteiger partial charge in [0.1, 0.15) is 5.38 Å². The smallest absolute Gasteiger partial charge is 0.321 e. The van der Waals surface area contributed by atoms with Crippen LogP contribution in [0.15, 0.2) is 0 Å². The molecule has 0 heterocycles. The van der Waals surface area contributed by atoms with E-state index in [9.17, 15) is 13.2 Å². The third-order valence-corrected chi connectivity index (χ3v) is 2.34. The van der Waals surface area contributed by atoms with Crippen LogP contribution >= 0.6 is 11.6 Å². The molecular weight excluding hydrogens is 208 g/mol. The molecule has 0 aromatic heterocycles. The number of carbonyl (C=O) groups is 1. The van der Waals surface area contributed by atoms with Crippen LogP contribution in [0.2, 0.25) is 0 Å². The van der Waals surface area contributed by atoms with Crippen molar-refractivity contribution in [1.29, 1.82) is 0 Å². The van der Waals surface area contributed by atoms with Crippen LogP contribution in [0.25, 0.3) is 0 Å². The molecule has 0 bridgehead atoms. The Morgan fingerprint density at radius 3 is 2.33 bits per heavy atom. The molecule has 72 valence electrons. The van der Waals surface area contributed by atoms with E-state index in [4.69, 9.17) is 21.3 Å². The summed E-state index contributed by atoms with van der Waals surface area (Å²) in [6.07, 6.45) is 0.0655. The second kappa shape index (κ2) is 4.64. The van der Waals surface area contributed by atoms with Crippen LogP contribution < -0.4 is 0 Å². The Kier molecular flexibility index (Phi) is 4.51. The van der Waals surface area contributed by atoms with Crippen molar-refractivity contribution >= 4 is 27.7 Å². The van der Waals surface area contributed by atoms with Gasteiger partial charge < -0.3 is 5.11 Å². The molecule has 0 saturated heterocycles. The molecule has 0 aromatic carbocycles. The highest BCUT2D eigenvalue weighted by Crippen LogP contribution is 2.06. The number of carboxylic acid groups (broad SMARTS) is 1. The van der Waals surface area contributed by atoms with Crippen LogP contribution in [-0.2, 0) is 14.9 Å². The maximum absolute atomic E-state index is 10.1. The number of alkyl halides is 1. The topological polar surface area (TPSA) is 91.7 Å². The molecule has 0 aliphatic heterocycles. The van der Waals surface area contributed by atoms with Crippen molar-refractivity contribution in [2.45, 2.75) is 18.2 Å². The molecule has 2 N–H and O–H groups in total. The zero-order valence-electron chi connectivity index (χ0n) is 6.10. The van der Waals surface area contributed by atoms with Gasteiger partial charge in [0, 0.05) is 0 Å². The summed E-state index contributed by atoms with van der Waals surface area (Å²) in [7, 11) is -4.00. The average Bonchev–Trinajstić information content (AvgIpc) is 1.84. The lowest BCUT2D eigenvalue weighted by Crippen LogP contribution is -2.15. The van der Waals surface area contributed by atoms with Gasteiger partial charge in [0.05, 0.1) is 5.75 Å². The van der Waals surface area contributed by atoms with Gasteiger partial charge in [0.15, 0.2) is 0 Å². The lowest BCUT2D eigenvalue weighted by atomic mass is 10.2. The normalized spacial score (nSPS) is 14.2. The average molecular weight is 217 g/mol. The Bertz CT molecular complexity index is 247. The van der Waals surface area contributed by atoms with Gasteiger partial charge in [-0.25, -0.2) is 0 Å². The Hall–Kier alpha value is -0.330. The summed E-state index contributed by atoms with van der Waals surface area (Å²) in [4.78, 5) is 10.1. The number of carboxylic acids is 1. The summed E-state index contributed by atoms with van der Waals surface area (Å²) in [5.41, 5.74) is 0. The Labute approximate surface area is 75.1 Å². The molecule has 1 unspecified atom stereocenters. The number of halogens is 1. The molecule has 0 aromatic rings. The first-order chi connectivity index (χ1) is 5.33. The second-order valence-corrected chi connectivity index (χ2v) is 4.33. The quantitative estimate of drug-likeness (QED) is 0.511. The molecule has 0 fully saturated rings. The van der Waals surface area contributed by atoms with Gasteiger partial charge in [0.25, 0.3) is 10.1 Å². The van der Waals surface area contributed by atoms with E-state index in [1.54, 1.807) is 0 Å². The predicted molar refractivity (Wildman–Crippen MR) is 42.9 cm³/mol. The van der Waals surface area contributed by atoms with E-state index in [1.807, 2.05) is 0 Å². The molecule has 0 saturated carbocycles. The van der Waals surface area contributed by atoms with Crippen molar-refractivity contribution in [2.24, 2.45) is 0 Å². The van der Waals surface area contributed by atoms with Crippen LogP contribution in [0.5, 0.6) is 0 Å². The fourth-order valence-electron chi connectivity index (χ4n) is 0.568. The summed E-state index contributed by atoms with van der Waals surface area (Å²) >= 11 is 5.27. The first-order valence-corrected chi connectivity index (χ1v) is 5.19. The summed E-state index contributed by atoms with van der Waals surface area (Å²) in [6, 6.07) is 0. The molecule has 5 nitrogen and oxygen atoms in total. The Morgan fingerprint density at radius 1 is 1.50 bits per heavy atom.